The van der Waals surface area contributed by atoms with Crippen LogP contribution in [0.15, 0.2) is 60.8 Å². The van der Waals surface area contributed by atoms with Gasteiger partial charge in [-0.1, -0.05) is 0 Å². The van der Waals surface area contributed by atoms with Crippen LogP contribution in [-0.2, 0) is 4.79 Å². The number of aromatic nitrogens is 2. The van der Waals surface area contributed by atoms with Crippen LogP contribution in [0.3, 0.4) is 0 Å². The number of benzene rings is 2. The Balaban J connectivity index is 1.07. The lowest BCUT2D eigenvalue weighted by Gasteiger charge is -2.38. The van der Waals surface area contributed by atoms with Gasteiger partial charge in [0.25, 0.3) is 5.91 Å². The highest BCUT2D eigenvalue weighted by Crippen LogP contribution is 2.25. The van der Waals surface area contributed by atoms with Crippen LogP contribution in [0.25, 0.3) is 0 Å². The van der Waals surface area contributed by atoms with Crippen molar-refractivity contribution in [2.24, 2.45) is 5.92 Å². The van der Waals surface area contributed by atoms with E-state index in [9.17, 15) is 18.4 Å². The molecule has 5 rings (SSSR count). The number of rotatable bonds is 6. The summed E-state index contributed by atoms with van der Waals surface area (Å²) in [4.78, 5) is 28.7. The van der Waals surface area contributed by atoms with Gasteiger partial charge in [0, 0.05) is 62.5 Å². The van der Waals surface area contributed by atoms with Gasteiger partial charge in [0.2, 0.25) is 5.91 Å². The topological polar surface area (TPSA) is 87.7 Å². The fourth-order valence-electron chi connectivity index (χ4n) is 4.38. The van der Waals surface area contributed by atoms with Gasteiger partial charge >= 0.3 is 0 Å². The SMILES string of the molecule is O=C(Nc1ccc(OC2CCN(C(=O)c3cc(F)cc(F)c3)CC2)cc1)C1CN(c2cccnn2)C1. The molecule has 10 heteroatoms. The number of halogens is 2. The summed E-state index contributed by atoms with van der Waals surface area (Å²) in [6.07, 6.45) is 2.74. The molecule has 0 radical (unpaired) electrons. The van der Waals surface area contributed by atoms with Gasteiger partial charge in [-0.15, -0.1) is 5.10 Å². The van der Waals surface area contributed by atoms with Crippen LogP contribution < -0.4 is 15.0 Å². The zero-order valence-electron chi connectivity index (χ0n) is 19.4. The number of anilines is 2. The van der Waals surface area contributed by atoms with Crippen LogP contribution in [0, 0.1) is 17.6 Å². The lowest BCUT2D eigenvalue weighted by molar-refractivity contribution is -0.120. The van der Waals surface area contributed by atoms with E-state index >= 15 is 0 Å². The van der Waals surface area contributed by atoms with E-state index in [2.05, 4.69) is 15.5 Å². The molecule has 3 heterocycles. The molecule has 1 aromatic heterocycles. The van der Waals surface area contributed by atoms with Crippen molar-refractivity contribution < 1.29 is 23.1 Å². The minimum atomic E-state index is -0.770. The van der Waals surface area contributed by atoms with Crippen LogP contribution in [-0.4, -0.2) is 59.2 Å². The Kier molecular flexibility index (Phi) is 6.75. The van der Waals surface area contributed by atoms with Crippen molar-refractivity contribution in [3.05, 3.63) is 78.0 Å². The fraction of sp³-hybridized carbons (Fsp3) is 0.308. The van der Waals surface area contributed by atoms with E-state index in [1.807, 2.05) is 17.0 Å². The number of likely N-dealkylation sites (tertiary alicyclic amines) is 1. The van der Waals surface area contributed by atoms with E-state index in [-0.39, 0.29) is 23.5 Å². The van der Waals surface area contributed by atoms with Gasteiger partial charge in [-0.05, 0) is 48.5 Å². The maximum Gasteiger partial charge on any atom is 0.254 e. The quantitative estimate of drug-likeness (QED) is 0.566. The third-order valence-corrected chi connectivity index (χ3v) is 6.40. The molecular weight excluding hydrogens is 468 g/mol. The lowest BCUT2D eigenvalue weighted by atomic mass is 9.99. The van der Waals surface area contributed by atoms with Gasteiger partial charge in [-0.25, -0.2) is 8.78 Å². The monoisotopic (exact) mass is 493 g/mol. The van der Waals surface area contributed by atoms with Gasteiger partial charge in [0.15, 0.2) is 5.82 Å². The summed E-state index contributed by atoms with van der Waals surface area (Å²) in [5.41, 5.74) is 0.695. The molecule has 36 heavy (non-hydrogen) atoms. The minimum Gasteiger partial charge on any atom is -0.490 e. The van der Waals surface area contributed by atoms with Gasteiger partial charge in [-0.3, -0.25) is 9.59 Å². The number of nitrogens with one attached hydrogen (secondary N) is 1. The predicted octanol–water partition coefficient (Wildman–Crippen LogP) is 3.51. The molecule has 2 fully saturated rings. The summed E-state index contributed by atoms with van der Waals surface area (Å²) in [5, 5.41) is 10.8. The second kappa shape index (κ2) is 10.3. The van der Waals surface area contributed by atoms with Crippen LogP contribution in [0.5, 0.6) is 5.75 Å². The van der Waals surface area contributed by atoms with Crippen LogP contribution >= 0.6 is 0 Å². The number of amides is 2. The average Bonchev–Trinajstić information content (AvgIpc) is 2.84. The number of carbonyl (C=O) groups excluding carboxylic acids is 2. The number of hydrogen-bond donors (Lipinski definition) is 1. The third kappa shape index (κ3) is 5.42. The molecule has 2 aromatic carbocycles. The number of carbonyl (C=O) groups is 2. The Morgan fingerprint density at radius 3 is 2.31 bits per heavy atom. The minimum absolute atomic E-state index is 0.00727. The molecule has 0 aliphatic carbocycles. The molecule has 2 saturated heterocycles. The normalized spacial score (nSPS) is 16.4. The zero-order valence-corrected chi connectivity index (χ0v) is 19.4. The molecule has 2 amide bonds. The number of hydrogen-bond acceptors (Lipinski definition) is 6. The second-order valence-corrected chi connectivity index (χ2v) is 8.96. The first-order valence-electron chi connectivity index (χ1n) is 11.8. The van der Waals surface area contributed by atoms with Crippen molar-refractivity contribution >= 4 is 23.3 Å². The van der Waals surface area contributed by atoms with E-state index in [0.29, 0.717) is 50.5 Å². The predicted molar refractivity (Wildman–Crippen MR) is 129 cm³/mol. The molecule has 0 spiro atoms. The molecule has 2 aliphatic rings. The Hall–Kier alpha value is -4.08. The van der Waals surface area contributed by atoms with Crippen molar-refractivity contribution in [2.45, 2.75) is 18.9 Å². The fourth-order valence-corrected chi connectivity index (χ4v) is 4.38. The van der Waals surface area contributed by atoms with E-state index in [4.69, 9.17) is 4.74 Å². The van der Waals surface area contributed by atoms with Crippen LogP contribution in [0.1, 0.15) is 23.2 Å². The largest absolute Gasteiger partial charge is 0.490 e. The van der Waals surface area contributed by atoms with E-state index < -0.39 is 17.5 Å². The molecule has 0 saturated carbocycles. The molecule has 186 valence electrons. The first-order valence-corrected chi connectivity index (χ1v) is 11.8. The smallest absolute Gasteiger partial charge is 0.254 e. The first-order chi connectivity index (χ1) is 17.4. The molecule has 0 atom stereocenters. The third-order valence-electron chi connectivity index (χ3n) is 6.40. The molecule has 2 aliphatic heterocycles. The molecule has 3 aromatic rings. The van der Waals surface area contributed by atoms with E-state index in [1.54, 1.807) is 35.4 Å². The summed E-state index contributed by atoms with van der Waals surface area (Å²) < 4.78 is 32.9. The van der Waals surface area contributed by atoms with Gasteiger partial charge in [0.05, 0.1) is 5.92 Å². The lowest BCUT2D eigenvalue weighted by Crippen LogP contribution is -2.52. The average molecular weight is 494 g/mol. The van der Waals surface area contributed by atoms with Crippen LogP contribution in [0.2, 0.25) is 0 Å². The van der Waals surface area contributed by atoms with Crippen molar-refractivity contribution in [3.8, 4) is 5.75 Å². The van der Waals surface area contributed by atoms with Crippen molar-refractivity contribution in [1.82, 2.24) is 15.1 Å². The standard InChI is InChI=1S/C26H25F2N5O3/c27-19-12-17(13-20(28)14-19)26(35)32-10-7-23(8-11-32)36-22-5-3-21(4-6-22)30-25(34)18-15-33(16-18)24-2-1-9-29-31-24/h1-6,9,12-14,18,23H,7-8,10-11,15-16H2,(H,30,34). The zero-order chi connectivity index (χ0) is 25.1. The molecular formula is C26H25F2N5O3. The Morgan fingerprint density at radius 1 is 0.972 bits per heavy atom. The summed E-state index contributed by atoms with van der Waals surface area (Å²) in [6.45, 7) is 2.06. The van der Waals surface area contributed by atoms with Gasteiger partial charge in [-0.2, -0.15) is 5.10 Å². The van der Waals surface area contributed by atoms with E-state index in [1.165, 1.54) is 0 Å². The number of piperidine rings is 1. The van der Waals surface area contributed by atoms with Crippen molar-refractivity contribution in [3.63, 3.8) is 0 Å². The van der Waals surface area contributed by atoms with Crippen molar-refractivity contribution in [2.75, 3.05) is 36.4 Å². The highest BCUT2D eigenvalue weighted by molar-refractivity contribution is 5.95. The summed E-state index contributed by atoms with van der Waals surface area (Å²) >= 11 is 0. The van der Waals surface area contributed by atoms with E-state index in [0.717, 1.165) is 24.0 Å². The van der Waals surface area contributed by atoms with Gasteiger partial charge < -0.3 is 19.9 Å². The van der Waals surface area contributed by atoms with Crippen molar-refractivity contribution in [1.29, 1.82) is 0 Å². The number of nitrogens with zero attached hydrogens (tertiary/aromatic N) is 4. The summed E-state index contributed by atoms with van der Waals surface area (Å²) in [6, 6.07) is 13.7. The molecule has 0 unspecified atom stereocenters. The molecule has 0 bridgehead atoms. The highest BCUT2D eigenvalue weighted by atomic mass is 19.1. The first kappa shape index (κ1) is 23.7. The Bertz CT molecular complexity index is 1210. The highest BCUT2D eigenvalue weighted by Gasteiger charge is 2.33. The second-order valence-electron chi connectivity index (χ2n) is 8.96. The molecule has 1 N–H and O–H groups in total. The van der Waals surface area contributed by atoms with Gasteiger partial charge in [0.1, 0.15) is 23.5 Å². The maximum absolute atomic E-state index is 13.4. The summed E-state index contributed by atoms with van der Waals surface area (Å²) in [7, 11) is 0. The van der Waals surface area contributed by atoms with Crippen LogP contribution in [0.4, 0.5) is 20.3 Å². The summed E-state index contributed by atoms with van der Waals surface area (Å²) in [5.74, 6) is -0.652. The Labute approximate surface area is 206 Å². The molecule has 8 nitrogen and oxygen atoms in total. The Morgan fingerprint density at radius 2 is 1.67 bits per heavy atom. The number of ether oxygens (including phenoxy) is 1. The maximum atomic E-state index is 13.4.